The molecule has 0 amide bonds. The zero-order valence-electron chi connectivity index (χ0n) is 29.9. The van der Waals surface area contributed by atoms with Crippen LogP contribution in [0.5, 0.6) is 0 Å². The molecule has 0 N–H and O–H groups in total. The molecule has 0 aliphatic heterocycles. The minimum absolute atomic E-state index is 0.336. The Labute approximate surface area is 252 Å². The van der Waals surface area contributed by atoms with E-state index in [9.17, 15) is 4.79 Å². The van der Waals surface area contributed by atoms with Gasteiger partial charge in [-0.25, -0.2) is 0 Å². The average Bonchev–Trinajstić information content (AvgIpc) is 2.90. The average molecular weight is 555 g/mol. The number of carbonyl (C=O) groups is 1. The normalized spacial score (nSPS) is 9.95. The molecule has 240 valence electrons. The van der Waals surface area contributed by atoms with E-state index in [1.165, 1.54) is 135 Å². The highest BCUT2D eigenvalue weighted by molar-refractivity contribution is 5.75. The molecule has 0 aromatic rings. The topological polar surface area (TPSA) is 17.1 Å². The van der Waals surface area contributed by atoms with Crippen LogP contribution in [-0.4, -0.2) is 5.78 Å². The lowest BCUT2D eigenvalue weighted by molar-refractivity contribution is -0.117. The molecule has 0 radical (unpaired) electrons. The van der Waals surface area contributed by atoms with Gasteiger partial charge in [-0.1, -0.05) is 191 Å². The van der Waals surface area contributed by atoms with E-state index < -0.39 is 0 Å². The molecule has 39 heavy (non-hydrogen) atoms. The summed E-state index contributed by atoms with van der Waals surface area (Å²) in [7, 11) is 0. The van der Waals surface area contributed by atoms with E-state index in [2.05, 4.69) is 67.5 Å². The second-order valence-electron chi connectivity index (χ2n) is 11.4. The fourth-order valence-corrected chi connectivity index (χ4v) is 3.78. The van der Waals surface area contributed by atoms with Crippen molar-refractivity contribution in [2.24, 2.45) is 5.92 Å². The maximum Gasteiger partial charge on any atom is 0.129 e. The Kier molecular flexibility index (Phi) is 66.2. The maximum absolute atomic E-state index is 10.8. The zero-order chi connectivity index (χ0) is 30.8. The molecule has 0 heterocycles. The van der Waals surface area contributed by atoms with Crippen molar-refractivity contribution >= 4 is 5.78 Å². The molecule has 0 saturated heterocycles. The minimum atomic E-state index is 0.336. The smallest absolute Gasteiger partial charge is 0.129 e. The van der Waals surface area contributed by atoms with E-state index >= 15 is 0 Å². The molecule has 0 aliphatic carbocycles. The third kappa shape index (κ3) is 78.7. The predicted molar refractivity (Wildman–Crippen MR) is 186 cm³/mol. The SMILES string of the molecule is CC.CCC.CCC.CCCCCCCC/C=C\CCCCCCCC(C)=O.CCCCCCCCC(C)C. The van der Waals surface area contributed by atoms with Crippen molar-refractivity contribution in [2.75, 3.05) is 0 Å². The Morgan fingerprint density at radius 3 is 1.15 bits per heavy atom. The van der Waals surface area contributed by atoms with Crippen molar-refractivity contribution in [3.63, 3.8) is 0 Å². The molecule has 0 spiro atoms. The summed E-state index contributed by atoms with van der Waals surface area (Å²) in [5, 5.41) is 0. The van der Waals surface area contributed by atoms with Crippen molar-refractivity contribution in [3.8, 4) is 0 Å². The van der Waals surface area contributed by atoms with Gasteiger partial charge in [0.2, 0.25) is 0 Å². The van der Waals surface area contributed by atoms with Crippen LogP contribution in [0.4, 0.5) is 0 Å². The Bertz CT molecular complexity index is 380. The van der Waals surface area contributed by atoms with Gasteiger partial charge in [-0.2, -0.15) is 0 Å². The molecule has 0 fully saturated rings. The molecule has 1 nitrogen and oxygen atoms in total. The Morgan fingerprint density at radius 2 is 0.821 bits per heavy atom. The van der Waals surface area contributed by atoms with Crippen LogP contribution in [0.25, 0.3) is 0 Å². The van der Waals surface area contributed by atoms with Crippen LogP contribution in [0, 0.1) is 5.92 Å². The summed E-state index contributed by atoms with van der Waals surface area (Å²) >= 11 is 0. The van der Waals surface area contributed by atoms with Crippen LogP contribution in [0.1, 0.15) is 224 Å². The number of unbranched alkanes of at least 4 members (excludes halogenated alkanes) is 16. The van der Waals surface area contributed by atoms with Crippen LogP contribution in [0.3, 0.4) is 0 Å². The van der Waals surface area contributed by atoms with Crippen LogP contribution in [0.2, 0.25) is 0 Å². The first kappa shape index (κ1) is 48.2. The number of carbonyl (C=O) groups excluding carboxylic acids is 1. The molecule has 0 atom stereocenters. The monoisotopic (exact) mass is 555 g/mol. The second kappa shape index (κ2) is 53.6. The molecule has 0 aliphatic rings. The molecule has 0 aromatic carbocycles. The van der Waals surface area contributed by atoms with E-state index in [0.29, 0.717) is 5.78 Å². The highest BCUT2D eigenvalue weighted by atomic mass is 16.1. The van der Waals surface area contributed by atoms with E-state index in [1.54, 1.807) is 6.92 Å². The fourth-order valence-electron chi connectivity index (χ4n) is 3.78. The Hall–Kier alpha value is -0.590. The number of hydrogen-bond acceptors (Lipinski definition) is 1. The van der Waals surface area contributed by atoms with Gasteiger partial charge in [-0.05, 0) is 44.9 Å². The second-order valence-corrected chi connectivity index (χ2v) is 11.4. The predicted octanol–water partition coefficient (Wildman–Crippen LogP) is 14.9. The lowest BCUT2D eigenvalue weighted by atomic mass is 10.0. The fraction of sp³-hybridized carbons (Fsp3) is 0.921. The third-order valence-electron chi connectivity index (χ3n) is 5.93. The molecule has 1 heteroatoms. The minimum Gasteiger partial charge on any atom is -0.300 e. The van der Waals surface area contributed by atoms with Gasteiger partial charge in [0.15, 0.2) is 0 Å². The summed E-state index contributed by atoms with van der Waals surface area (Å²) in [5.41, 5.74) is 0. The van der Waals surface area contributed by atoms with E-state index in [4.69, 9.17) is 0 Å². The lowest BCUT2D eigenvalue weighted by Crippen LogP contribution is -1.89. The zero-order valence-corrected chi connectivity index (χ0v) is 29.9. The van der Waals surface area contributed by atoms with Crippen molar-refractivity contribution < 1.29 is 4.79 Å². The summed E-state index contributed by atoms with van der Waals surface area (Å²) in [5.74, 6) is 1.24. The van der Waals surface area contributed by atoms with Gasteiger partial charge in [0, 0.05) is 6.42 Å². The number of Topliss-reactive ketones (excluding diaryl/α,β-unsaturated/α-hetero) is 1. The summed E-state index contributed by atoms with van der Waals surface area (Å²) in [6, 6.07) is 0. The van der Waals surface area contributed by atoms with Gasteiger partial charge in [0.1, 0.15) is 5.78 Å². The molecular weight excluding hydrogens is 472 g/mol. The van der Waals surface area contributed by atoms with Crippen molar-refractivity contribution in [1.29, 1.82) is 0 Å². The number of allylic oxidation sites excluding steroid dienone is 2. The first-order valence-corrected chi connectivity index (χ1v) is 18.0. The molecule has 0 saturated carbocycles. The molecule has 0 bridgehead atoms. The summed E-state index contributed by atoms with van der Waals surface area (Å²) in [4.78, 5) is 10.8. The number of hydrogen-bond donors (Lipinski definition) is 0. The van der Waals surface area contributed by atoms with Gasteiger partial charge in [0.05, 0.1) is 0 Å². The van der Waals surface area contributed by atoms with E-state index in [-0.39, 0.29) is 0 Å². The van der Waals surface area contributed by atoms with Crippen LogP contribution in [-0.2, 0) is 4.79 Å². The summed E-state index contributed by atoms with van der Waals surface area (Å²) in [6.07, 6.45) is 35.1. The summed E-state index contributed by atoms with van der Waals surface area (Å²) < 4.78 is 0. The lowest BCUT2D eigenvalue weighted by Gasteiger charge is -2.03. The Balaban J connectivity index is -0.000000169. The highest BCUT2D eigenvalue weighted by Crippen LogP contribution is 2.11. The first-order chi connectivity index (χ1) is 18.9. The number of ketones is 1. The van der Waals surface area contributed by atoms with Crippen molar-refractivity contribution in [1.82, 2.24) is 0 Å². The van der Waals surface area contributed by atoms with Crippen molar-refractivity contribution in [2.45, 2.75) is 224 Å². The highest BCUT2D eigenvalue weighted by Gasteiger charge is 1.94. The van der Waals surface area contributed by atoms with E-state index in [1.807, 2.05) is 13.8 Å². The van der Waals surface area contributed by atoms with Gasteiger partial charge >= 0.3 is 0 Å². The van der Waals surface area contributed by atoms with Crippen molar-refractivity contribution in [3.05, 3.63) is 12.2 Å². The van der Waals surface area contributed by atoms with E-state index in [0.717, 1.165) is 18.8 Å². The maximum atomic E-state index is 10.8. The van der Waals surface area contributed by atoms with Crippen LogP contribution < -0.4 is 0 Å². The van der Waals surface area contributed by atoms with Crippen LogP contribution in [0.15, 0.2) is 12.2 Å². The standard InChI is InChI=1S/C19H36O.C11H24.2C3H8.C2H6/c1-3-4-5-6-7-8-9-10-11-12-13-14-15-16-17-18-19(2)20;1-4-5-6-7-8-9-10-11(2)3;2*1-3-2;1-2/h10-11H,3-9,12-18H2,1-2H3;11H,4-10H2,1-3H3;2*3H2,1-2H3;1-2H3/b11-10-;;;;. The summed E-state index contributed by atoms with van der Waals surface area (Å²) in [6.45, 7) is 23.4. The van der Waals surface area contributed by atoms with Gasteiger partial charge in [0.25, 0.3) is 0 Å². The van der Waals surface area contributed by atoms with Gasteiger partial charge < -0.3 is 4.79 Å². The van der Waals surface area contributed by atoms with Gasteiger partial charge in [-0.3, -0.25) is 0 Å². The molecule has 0 unspecified atom stereocenters. The third-order valence-corrected chi connectivity index (χ3v) is 5.93. The first-order valence-electron chi connectivity index (χ1n) is 18.0. The van der Waals surface area contributed by atoms with Crippen LogP contribution >= 0.6 is 0 Å². The number of rotatable bonds is 22. The quantitative estimate of drug-likeness (QED) is 0.0960. The van der Waals surface area contributed by atoms with Gasteiger partial charge in [-0.15, -0.1) is 0 Å². The molecular formula is C38H82O. The largest absolute Gasteiger partial charge is 0.300 e. The molecule has 0 aromatic heterocycles. The molecule has 0 rings (SSSR count). The Morgan fingerprint density at radius 1 is 0.513 bits per heavy atom.